The lowest BCUT2D eigenvalue weighted by atomic mass is 10.1. The van der Waals surface area contributed by atoms with Gasteiger partial charge in [-0.1, -0.05) is 12.1 Å². The molecule has 1 fully saturated rings. The van der Waals surface area contributed by atoms with E-state index in [0.717, 1.165) is 5.69 Å². The van der Waals surface area contributed by atoms with Crippen LogP contribution in [-0.4, -0.2) is 53.8 Å². The van der Waals surface area contributed by atoms with Crippen LogP contribution in [0.3, 0.4) is 0 Å². The number of halogens is 1. The number of hydrogen-bond donors (Lipinski definition) is 2. The average molecular weight is 444 g/mol. The summed E-state index contributed by atoms with van der Waals surface area (Å²) in [5.74, 6) is -0.379. The number of amides is 3. The molecule has 0 spiro atoms. The molecule has 1 aromatic carbocycles. The standard InChI is InChI=1S/C23H30FN5O3/c1-16-8-9-18(15-25-16)27-21(30)26-14-17-6-5-7-19(20(17)24)28-10-12-29(13-11-28)22(31)32-23(2,3)4/h5-9,15H,10-14H2,1-4H3,(H2,26,27,30). The highest BCUT2D eigenvalue weighted by Gasteiger charge is 2.27. The maximum atomic E-state index is 15.1. The average Bonchev–Trinajstić information content (AvgIpc) is 2.73. The van der Waals surface area contributed by atoms with E-state index in [1.54, 1.807) is 41.4 Å². The molecule has 172 valence electrons. The molecule has 0 unspecified atom stereocenters. The molecule has 0 saturated carbocycles. The number of nitrogens with one attached hydrogen (secondary N) is 2. The van der Waals surface area contributed by atoms with Gasteiger partial charge in [-0.15, -0.1) is 0 Å². The molecule has 2 N–H and O–H groups in total. The highest BCUT2D eigenvalue weighted by atomic mass is 19.1. The minimum absolute atomic E-state index is 0.0443. The second kappa shape index (κ2) is 9.84. The summed E-state index contributed by atoms with van der Waals surface area (Å²) in [7, 11) is 0. The fourth-order valence-electron chi connectivity index (χ4n) is 3.30. The molecule has 3 rings (SSSR count). The van der Waals surface area contributed by atoms with Gasteiger partial charge in [0.1, 0.15) is 5.60 Å². The van der Waals surface area contributed by atoms with Crippen LogP contribution < -0.4 is 15.5 Å². The number of aryl methyl sites for hydroxylation is 1. The SMILES string of the molecule is Cc1ccc(NC(=O)NCc2cccc(N3CCN(C(=O)OC(C)(C)C)CC3)c2F)cn1. The van der Waals surface area contributed by atoms with Crippen LogP contribution in [-0.2, 0) is 11.3 Å². The van der Waals surface area contributed by atoms with Crippen molar-refractivity contribution in [2.45, 2.75) is 39.8 Å². The second-order valence-corrected chi connectivity index (χ2v) is 8.70. The smallest absolute Gasteiger partial charge is 0.410 e. The number of piperazine rings is 1. The van der Waals surface area contributed by atoms with Crippen LogP contribution in [0.5, 0.6) is 0 Å². The molecule has 0 radical (unpaired) electrons. The first-order valence-electron chi connectivity index (χ1n) is 10.6. The van der Waals surface area contributed by atoms with E-state index in [1.165, 1.54) is 0 Å². The number of carbonyl (C=O) groups is 2. The number of anilines is 2. The van der Waals surface area contributed by atoms with Crippen molar-refractivity contribution in [1.29, 1.82) is 0 Å². The zero-order valence-corrected chi connectivity index (χ0v) is 18.9. The van der Waals surface area contributed by atoms with Crippen molar-refractivity contribution in [2.75, 3.05) is 36.4 Å². The van der Waals surface area contributed by atoms with E-state index >= 15 is 4.39 Å². The minimum atomic E-state index is -0.552. The largest absolute Gasteiger partial charge is 0.444 e. The van der Waals surface area contributed by atoms with E-state index in [-0.39, 0.29) is 18.5 Å². The molecular weight excluding hydrogens is 413 g/mol. The summed E-state index contributed by atoms with van der Waals surface area (Å²) >= 11 is 0. The zero-order chi connectivity index (χ0) is 23.3. The molecule has 1 aliphatic heterocycles. The Hall–Kier alpha value is -3.36. The molecule has 0 atom stereocenters. The monoisotopic (exact) mass is 443 g/mol. The Balaban J connectivity index is 1.56. The van der Waals surface area contributed by atoms with Gasteiger partial charge in [0.05, 0.1) is 17.6 Å². The molecule has 8 nitrogen and oxygen atoms in total. The highest BCUT2D eigenvalue weighted by molar-refractivity contribution is 5.88. The van der Waals surface area contributed by atoms with Gasteiger partial charge < -0.3 is 25.2 Å². The van der Waals surface area contributed by atoms with E-state index in [4.69, 9.17) is 4.74 Å². The summed E-state index contributed by atoms with van der Waals surface area (Å²) in [5, 5.41) is 5.34. The molecule has 2 aromatic rings. The first kappa shape index (κ1) is 23.3. The van der Waals surface area contributed by atoms with Gasteiger partial charge in [0.25, 0.3) is 0 Å². The lowest BCUT2D eigenvalue weighted by Crippen LogP contribution is -2.50. The normalized spacial score (nSPS) is 14.2. The van der Waals surface area contributed by atoms with Gasteiger partial charge in [0.15, 0.2) is 5.82 Å². The third-order valence-corrected chi connectivity index (χ3v) is 4.94. The Morgan fingerprint density at radius 1 is 1.12 bits per heavy atom. The van der Waals surface area contributed by atoms with Crippen LogP contribution in [0, 0.1) is 12.7 Å². The fourth-order valence-corrected chi connectivity index (χ4v) is 3.30. The van der Waals surface area contributed by atoms with Crippen molar-refractivity contribution in [2.24, 2.45) is 0 Å². The Kier molecular flexibility index (Phi) is 7.17. The highest BCUT2D eigenvalue weighted by Crippen LogP contribution is 2.24. The molecular formula is C23H30FN5O3. The van der Waals surface area contributed by atoms with Crippen LogP contribution in [0.4, 0.5) is 25.4 Å². The van der Waals surface area contributed by atoms with Crippen molar-refractivity contribution in [3.63, 3.8) is 0 Å². The molecule has 0 aliphatic carbocycles. The summed E-state index contributed by atoms with van der Waals surface area (Å²) in [6.07, 6.45) is 1.21. The van der Waals surface area contributed by atoms with E-state index in [0.29, 0.717) is 43.1 Å². The maximum absolute atomic E-state index is 15.1. The van der Waals surface area contributed by atoms with Gasteiger partial charge in [-0.05, 0) is 45.9 Å². The van der Waals surface area contributed by atoms with E-state index in [9.17, 15) is 9.59 Å². The van der Waals surface area contributed by atoms with E-state index in [2.05, 4.69) is 15.6 Å². The summed E-state index contributed by atoms with van der Waals surface area (Å²) in [6, 6.07) is 8.22. The van der Waals surface area contributed by atoms with Crippen LogP contribution >= 0.6 is 0 Å². The van der Waals surface area contributed by atoms with Crippen molar-refractivity contribution < 1.29 is 18.7 Å². The van der Waals surface area contributed by atoms with E-state index < -0.39 is 11.6 Å². The zero-order valence-electron chi connectivity index (χ0n) is 18.9. The van der Waals surface area contributed by atoms with Crippen LogP contribution in [0.1, 0.15) is 32.0 Å². The van der Waals surface area contributed by atoms with Gasteiger partial charge in [-0.3, -0.25) is 4.98 Å². The number of nitrogens with zero attached hydrogens (tertiary/aromatic N) is 3. The quantitative estimate of drug-likeness (QED) is 0.748. The number of carbonyl (C=O) groups excluding carboxylic acids is 2. The van der Waals surface area contributed by atoms with Crippen molar-refractivity contribution in [3.05, 3.63) is 53.6 Å². The third-order valence-electron chi connectivity index (χ3n) is 4.94. The number of rotatable bonds is 4. The number of aromatic nitrogens is 1. The Labute approximate surface area is 187 Å². The van der Waals surface area contributed by atoms with Gasteiger partial charge in [-0.2, -0.15) is 0 Å². The second-order valence-electron chi connectivity index (χ2n) is 8.70. The first-order valence-corrected chi connectivity index (χ1v) is 10.6. The van der Waals surface area contributed by atoms with Gasteiger partial charge >= 0.3 is 12.1 Å². The Morgan fingerprint density at radius 2 is 1.84 bits per heavy atom. The van der Waals surface area contributed by atoms with Crippen molar-refractivity contribution in [3.8, 4) is 0 Å². The molecule has 3 amide bonds. The lowest BCUT2D eigenvalue weighted by molar-refractivity contribution is 0.0240. The predicted molar refractivity (Wildman–Crippen MR) is 121 cm³/mol. The first-order chi connectivity index (χ1) is 15.1. The van der Waals surface area contributed by atoms with Crippen LogP contribution in [0.2, 0.25) is 0 Å². The van der Waals surface area contributed by atoms with Gasteiger partial charge in [0, 0.05) is 44.0 Å². The summed E-state index contributed by atoms with van der Waals surface area (Å²) in [6.45, 7) is 9.27. The number of hydrogen-bond acceptors (Lipinski definition) is 5. The number of ether oxygens (including phenoxy) is 1. The molecule has 0 bridgehead atoms. The molecule has 2 heterocycles. The van der Waals surface area contributed by atoms with Crippen molar-refractivity contribution in [1.82, 2.24) is 15.2 Å². The van der Waals surface area contributed by atoms with Gasteiger partial charge in [0.2, 0.25) is 0 Å². The lowest BCUT2D eigenvalue weighted by Gasteiger charge is -2.37. The maximum Gasteiger partial charge on any atom is 0.410 e. The Morgan fingerprint density at radius 3 is 2.47 bits per heavy atom. The number of pyridine rings is 1. The van der Waals surface area contributed by atoms with Gasteiger partial charge in [-0.25, -0.2) is 14.0 Å². The molecule has 1 saturated heterocycles. The summed E-state index contributed by atoms with van der Waals surface area (Å²) in [4.78, 5) is 32.0. The fraction of sp³-hybridized carbons (Fsp3) is 0.435. The number of benzene rings is 1. The van der Waals surface area contributed by atoms with Crippen LogP contribution in [0.15, 0.2) is 36.5 Å². The molecule has 9 heteroatoms. The molecule has 32 heavy (non-hydrogen) atoms. The van der Waals surface area contributed by atoms with E-state index in [1.807, 2.05) is 32.6 Å². The van der Waals surface area contributed by atoms with Crippen molar-refractivity contribution >= 4 is 23.5 Å². The predicted octanol–water partition coefficient (Wildman–Crippen LogP) is 3.91. The number of urea groups is 1. The minimum Gasteiger partial charge on any atom is -0.444 e. The third kappa shape index (κ3) is 6.32. The summed E-state index contributed by atoms with van der Waals surface area (Å²) in [5.41, 5.74) is 1.70. The summed E-state index contributed by atoms with van der Waals surface area (Å²) < 4.78 is 20.5. The molecule has 1 aliphatic rings. The molecule has 1 aromatic heterocycles. The topological polar surface area (TPSA) is 86.8 Å². The Bertz CT molecular complexity index is 951. The van der Waals surface area contributed by atoms with Crippen LogP contribution in [0.25, 0.3) is 0 Å².